The molecule has 8 heteroatoms. The molecular weight excluding hydrogens is 327 g/mol. The topological polar surface area (TPSA) is 79.7 Å². The van der Waals surface area contributed by atoms with Crippen molar-refractivity contribution in [2.75, 3.05) is 13.2 Å². The van der Waals surface area contributed by atoms with Crippen molar-refractivity contribution in [3.05, 3.63) is 16.1 Å². The number of aromatic nitrogens is 1. The highest BCUT2D eigenvalue weighted by atomic mass is 32.1. The summed E-state index contributed by atoms with van der Waals surface area (Å²) in [6.45, 7) is 8.94. The molecule has 0 fully saturated rings. The Morgan fingerprint density at radius 1 is 1.50 bits per heavy atom. The van der Waals surface area contributed by atoms with Crippen molar-refractivity contribution in [2.45, 2.75) is 52.7 Å². The lowest BCUT2D eigenvalue weighted by Crippen LogP contribution is -2.43. The summed E-state index contributed by atoms with van der Waals surface area (Å²) < 4.78 is 4.91. The van der Waals surface area contributed by atoms with Gasteiger partial charge in [-0.1, -0.05) is 20.8 Å². The van der Waals surface area contributed by atoms with Crippen molar-refractivity contribution >= 4 is 30.9 Å². The normalized spacial score (nSPS) is 13.8. The minimum atomic E-state index is -0.787. The van der Waals surface area contributed by atoms with Gasteiger partial charge in [0.1, 0.15) is 11.1 Å². The number of hydrogen-bond acceptors (Lipinski definition) is 7. The summed E-state index contributed by atoms with van der Waals surface area (Å²) in [5.41, 5.74) is 0.224. The van der Waals surface area contributed by atoms with E-state index in [4.69, 9.17) is 4.74 Å². The Hall–Kier alpha value is -1.25. The van der Waals surface area contributed by atoms with Crippen molar-refractivity contribution in [3.63, 3.8) is 0 Å². The maximum atomic E-state index is 11.7. The molecule has 1 heterocycles. The van der Waals surface area contributed by atoms with Gasteiger partial charge in [-0.3, -0.25) is 0 Å². The Morgan fingerprint density at radius 2 is 2.21 bits per heavy atom. The lowest BCUT2D eigenvalue weighted by atomic mass is 9.85. The number of rotatable bonds is 11. The van der Waals surface area contributed by atoms with Crippen molar-refractivity contribution in [1.29, 1.82) is 0 Å². The summed E-state index contributed by atoms with van der Waals surface area (Å²) >= 11 is 1.24. The molecule has 0 unspecified atom stereocenters. The van der Waals surface area contributed by atoms with E-state index in [-0.39, 0.29) is 24.3 Å². The Bertz CT molecular complexity index is 524. The Labute approximate surface area is 148 Å². The van der Waals surface area contributed by atoms with Gasteiger partial charge in [0, 0.05) is 11.4 Å². The summed E-state index contributed by atoms with van der Waals surface area (Å²) in [7, 11) is 1.53. The van der Waals surface area contributed by atoms with E-state index in [0.717, 1.165) is 19.2 Å². The van der Waals surface area contributed by atoms with Crippen molar-refractivity contribution in [3.8, 4) is 0 Å². The first-order chi connectivity index (χ1) is 11.4. The van der Waals surface area contributed by atoms with E-state index < -0.39 is 12.1 Å². The number of thiazole rings is 1. The fourth-order valence-electron chi connectivity index (χ4n) is 2.55. The molecule has 0 bridgehead atoms. The Balaban J connectivity index is 2.82. The second-order valence-electron chi connectivity index (χ2n) is 5.88. The third-order valence-corrected chi connectivity index (χ3v) is 4.63. The first-order valence-corrected chi connectivity index (χ1v) is 9.17. The number of aliphatic hydroxyl groups is 1. The number of carbonyl (C=O) groups is 2. The van der Waals surface area contributed by atoms with Crippen LogP contribution in [0.15, 0.2) is 5.38 Å². The van der Waals surface area contributed by atoms with Crippen LogP contribution in [0.25, 0.3) is 0 Å². The van der Waals surface area contributed by atoms with E-state index in [1.807, 2.05) is 11.7 Å². The van der Waals surface area contributed by atoms with Gasteiger partial charge in [-0.05, 0) is 32.2 Å². The van der Waals surface area contributed by atoms with Crippen molar-refractivity contribution < 1.29 is 19.4 Å². The molecule has 1 rings (SSSR count). The fraction of sp³-hybridized carbons (Fsp3) is 0.688. The van der Waals surface area contributed by atoms with Gasteiger partial charge in [0.2, 0.25) is 0 Å². The predicted octanol–water partition coefficient (Wildman–Crippen LogP) is 2.29. The number of esters is 1. The van der Waals surface area contributed by atoms with Gasteiger partial charge >= 0.3 is 5.97 Å². The maximum absolute atomic E-state index is 11.7. The van der Waals surface area contributed by atoms with Gasteiger partial charge in [-0.2, -0.15) is 0 Å². The van der Waals surface area contributed by atoms with Crippen molar-refractivity contribution in [2.24, 2.45) is 5.92 Å². The van der Waals surface area contributed by atoms with Gasteiger partial charge in [0.25, 0.3) is 7.41 Å². The van der Waals surface area contributed by atoms with Crippen LogP contribution >= 0.6 is 11.3 Å². The Kier molecular flexibility index (Phi) is 9.17. The largest absolute Gasteiger partial charge is 0.461 e. The summed E-state index contributed by atoms with van der Waals surface area (Å²) in [5.74, 6) is -0.221. The summed E-state index contributed by atoms with van der Waals surface area (Å²) in [6, 6.07) is 0.0140. The highest BCUT2D eigenvalue weighted by Gasteiger charge is 2.27. The molecule has 0 spiro atoms. The van der Waals surface area contributed by atoms with E-state index in [2.05, 4.69) is 18.8 Å². The van der Waals surface area contributed by atoms with Crippen LogP contribution in [0.4, 0.5) is 0 Å². The third kappa shape index (κ3) is 6.00. The molecule has 1 aromatic rings. The van der Waals surface area contributed by atoms with E-state index >= 15 is 0 Å². The number of hydrogen-bond donors (Lipinski definition) is 1. The zero-order chi connectivity index (χ0) is 18.1. The smallest absolute Gasteiger partial charge is 0.357 e. The van der Waals surface area contributed by atoms with Crippen LogP contribution in [0.1, 0.15) is 62.1 Å². The molecule has 0 saturated heterocycles. The van der Waals surface area contributed by atoms with Gasteiger partial charge in [-0.15, -0.1) is 11.3 Å². The van der Waals surface area contributed by atoms with Gasteiger partial charge < -0.3 is 19.4 Å². The first-order valence-electron chi connectivity index (χ1n) is 8.29. The molecule has 0 saturated carbocycles. The zero-order valence-corrected chi connectivity index (χ0v) is 15.6. The quantitative estimate of drug-likeness (QED) is 0.374. The maximum Gasteiger partial charge on any atom is 0.357 e. The number of nitrogens with zero attached hydrogens (tertiary/aromatic N) is 2. The van der Waals surface area contributed by atoms with E-state index in [1.54, 1.807) is 12.3 Å². The lowest BCUT2D eigenvalue weighted by Gasteiger charge is -2.34. The van der Waals surface area contributed by atoms with Crippen LogP contribution in [0, 0.1) is 5.92 Å². The molecule has 0 aromatic carbocycles. The van der Waals surface area contributed by atoms with Crippen LogP contribution in [0.5, 0.6) is 0 Å². The average Bonchev–Trinajstić information content (AvgIpc) is 3.02. The van der Waals surface area contributed by atoms with Crippen LogP contribution < -0.4 is 0 Å². The minimum Gasteiger partial charge on any atom is -0.461 e. The fourth-order valence-corrected chi connectivity index (χ4v) is 3.33. The van der Waals surface area contributed by atoms with E-state index in [1.165, 1.54) is 18.8 Å². The van der Waals surface area contributed by atoms with Crippen molar-refractivity contribution in [1.82, 2.24) is 9.79 Å². The molecule has 133 valence electrons. The van der Waals surface area contributed by atoms with Crippen LogP contribution in [0.3, 0.4) is 0 Å². The van der Waals surface area contributed by atoms with Crippen LogP contribution in [-0.4, -0.2) is 53.7 Å². The second-order valence-corrected chi connectivity index (χ2v) is 6.77. The molecule has 1 N–H and O–H groups in total. The monoisotopic (exact) mass is 353 g/mol. The first kappa shape index (κ1) is 20.8. The molecular formula is C16H26BN2O4S. The number of aliphatic hydroxyl groups excluding tert-OH is 1. The van der Waals surface area contributed by atoms with E-state index in [9.17, 15) is 14.7 Å². The lowest BCUT2D eigenvalue weighted by molar-refractivity contribution is 0.0519. The predicted molar refractivity (Wildman–Crippen MR) is 95.8 cm³/mol. The second kappa shape index (κ2) is 10.6. The van der Waals surface area contributed by atoms with E-state index in [0.29, 0.717) is 11.4 Å². The number of carbonyl (C=O) groups excluding carboxylic acids is 2. The molecule has 2 atom stereocenters. The van der Waals surface area contributed by atoms with Gasteiger partial charge in [0.15, 0.2) is 5.69 Å². The SMILES string of the molecule is CCCN([B]C=O)[C@H](C[C@@H](O)c1nc(C(=O)OCC)cs1)C(C)C. The molecule has 6 nitrogen and oxygen atoms in total. The van der Waals surface area contributed by atoms with Crippen LogP contribution in [-0.2, 0) is 9.53 Å². The number of ether oxygens (including phenoxy) is 1. The van der Waals surface area contributed by atoms with Gasteiger partial charge in [0.05, 0.1) is 12.8 Å². The molecule has 0 aliphatic heterocycles. The third-order valence-electron chi connectivity index (χ3n) is 3.69. The molecule has 0 amide bonds. The Morgan fingerprint density at radius 3 is 2.75 bits per heavy atom. The molecule has 0 aliphatic carbocycles. The summed E-state index contributed by atoms with van der Waals surface area (Å²) in [5, 5.41) is 12.6. The molecule has 24 heavy (non-hydrogen) atoms. The highest BCUT2D eigenvalue weighted by molar-refractivity contribution is 7.09. The zero-order valence-electron chi connectivity index (χ0n) is 14.8. The summed E-state index contributed by atoms with van der Waals surface area (Å²) in [6.07, 6.45) is 1.34. The summed E-state index contributed by atoms with van der Waals surface area (Å²) in [4.78, 5) is 28.7. The minimum absolute atomic E-state index is 0.0140. The van der Waals surface area contributed by atoms with Crippen LogP contribution in [0.2, 0.25) is 0 Å². The molecule has 0 aliphatic rings. The highest BCUT2D eigenvalue weighted by Crippen LogP contribution is 2.27. The molecule has 1 radical (unpaired) electrons. The van der Waals surface area contributed by atoms with Gasteiger partial charge in [-0.25, -0.2) is 9.78 Å². The molecule has 1 aromatic heterocycles. The standard InChI is InChI=1S/C16H26BN2O4S/c1-5-7-19(17-10-20)13(11(3)4)8-14(21)15-18-12(9-24-15)16(22)23-6-2/h9-11,13-14,21H,5-8H2,1-4H3/t13-,14-/m1/s1. The average molecular weight is 353 g/mol.